The Labute approximate surface area is 131 Å². The maximum Gasteiger partial charge on any atom is 0.222 e. The molecule has 1 aliphatic rings. The average Bonchev–Trinajstić information content (AvgIpc) is 3.13. The second-order valence-corrected chi connectivity index (χ2v) is 6.83. The van der Waals surface area contributed by atoms with Gasteiger partial charge < -0.3 is 4.90 Å². The number of hydrogen-bond donors (Lipinski definition) is 1. The molecule has 4 heteroatoms. The van der Waals surface area contributed by atoms with E-state index >= 15 is 0 Å². The van der Waals surface area contributed by atoms with Gasteiger partial charge in [-0.1, -0.05) is 44.2 Å². The first kappa shape index (κ1) is 14.8. The van der Waals surface area contributed by atoms with Gasteiger partial charge in [0, 0.05) is 31.6 Å². The standard InChI is InChI=1S/C18H23N3O/c1-18(2)13-21(12-16(18)15-6-4-3-5-7-15)17(22)9-8-14-10-19-20-11-14/h3-7,10-11,16H,8-9,12-13H2,1-2H3,(H,19,20). The fraction of sp³-hybridized carbons (Fsp3) is 0.444. The number of aryl methyl sites for hydroxylation is 1. The van der Waals surface area contributed by atoms with Gasteiger partial charge >= 0.3 is 0 Å². The highest BCUT2D eigenvalue weighted by Gasteiger charge is 2.41. The molecule has 1 unspecified atom stereocenters. The zero-order chi connectivity index (χ0) is 15.6. The van der Waals surface area contributed by atoms with Gasteiger partial charge in [-0.25, -0.2) is 0 Å². The van der Waals surface area contributed by atoms with Crippen molar-refractivity contribution in [2.75, 3.05) is 13.1 Å². The van der Waals surface area contributed by atoms with Crippen LogP contribution in [0.5, 0.6) is 0 Å². The van der Waals surface area contributed by atoms with E-state index in [9.17, 15) is 4.79 Å². The summed E-state index contributed by atoms with van der Waals surface area (Å²) in [5.41, 5.74) is 2.54. The van der Waals surface area contributed by atoms with Crippen LogP contribution < -0.4 is 0 Å². The Bertz CT molecular complexity index is 619. The Hall–Kier alpha value is -2.10. The number of aromatic amines is 1. The zero-order valence-electron chi connectivity index (χ0n) is 13.2. The number of nitrogens with one attached hydrogen (secondary N) is 1. The van der Waals surface area contributed by atoms with Crippen LogP contribution in [0.2, 0.25) is 0 Å². The lowest BCUT2D eigenvalue weighted by Crippen LogP contribution is -2.30. The highest BCUT2D eigenvalue weighted by atomic mass is 16.2. The molecule has 1 fully saturated rings. The molecule has 1 aromatic heterocycles. The minimum absolute atomic E-state index is 0.118. The van der Waals surface area contributed by atoms with E-state index in [2.05, 4.69) is 48.3 Å². The Morgan fingerprint density at radius 2 is 2.14 bits per heavy atom. The third-order valence-corrected chi connectivity index (χ3v) is 4.68. The van der Waals surface area contributed by atoms with Gasteiger partial charge in [-0.3, -0.25) is 9.89 Å². The molecule has 3 rings (SSSR count). The maximum absolute atomic E-state index is 12.5. The molecule has 2 heterocycles. The van der Waals surface area contributed by atoms with Gasteiger partial charge in [0.15, 0.2) is 0 Å². The van der Waals surface area contributed by atoms with Gasteiger partial charge in [-0.05, 0) is 23.0 Å². The molecule has 1 aromatic carbocycles. The molecular formula is C18H23N3O. The fourth-order valence-electron chi connectivity index (χ4n) is 3.39. The van der Waals surface area contributed by atoms with Gasteiger partial charge in [-0.2, -0.15) is 5.10 Å². The summed E-state index contributed by atoms with van der Waals surface area (Å²) < 4.78 is 0. The average molecular weight is 297 g/mol. The summed E-state index contributed by atoms with van der Waals surface area (Å²) in [6, 6.07) is 10.5. The Kier molecular flexibility index (Phi) is 4.01. The van der Waals surface area contributed by atoms with E-state index in [-0.39, 0.29) is 11.3 Å². The number of likely N-dealkylation sites (tertiary alicyclic amines) is 1. The molecule has 1 aliphatic heterocycles. The van der Waals surface area contributed by atoms with Gasteiger partial charge in [0.2, 0.25) is 5.91 Å². The third kappa shape index (κ3) is 3.06. The first-order valence-corrected chi connectivity index (χ1v) is 7.86. The molecule has 1 N–H and O–H groups in total. The zero-order valence-corrected chi connectivity index (χ0v) is 13.2. The van der Waals surface area contributed by atoms with Crippen molar-refractivity contribution >= 4 is 5.91 Å². The monoisotopic (exact) mass is 297 g/mol. The highest BCUT2D eigenvalue weighted by molar-refractivity contribution is 5.77. The van der Waals surface area contributed by atoms with E-state index in [1.54, 1.807) is 6.20 Å². The maximum atomic E-state index is 12.5. The van der Waals surface area contributed by atoms with Gasteiger partial charge in [0.05, 0.1) is 6.20 Å². The number of benzene rings is 1. The first-order chi connectivity index (χ1) is 10.6. The van der Waals surface area contributed by atoms with Crippen molar-refractivity contribution in [2.45, 2.75) is 32.6 Å². The number of H-pyrrole nitrogens is 1. The van der Waals surface area contributed by atoms with Crippen LogP contribution in [-0.2, 0) is 11.2 Å². The SMILES string of the molecule is CC1(C)CN(C(=O)CCc2cn[nH]c2)CC1c1ccccc1. The van der Waals surface area contributed by atoms with Crippen molar-refractivity contribution in [3.05, 3.63) is 53.9 Å². The number of rotatable bonds is 4. The van der Waals surface area contributed by atoms with E-state index in [4.69, 9.17) is 0 Å². The molecule has 0 saturated carbocycles. The van der Waals surface area contributed by atoms with Crippen LogP contribution in [0.25, 0.3) is 0 Å². The number of amides is 1. The fourth-order valence-corrected chi connectivity index (χ4v) is 3.39. The molecular weight excluding hydrogens is 274 g/mol. The van der Waals surface area contributed by atoms with Crippen LogP contribution >= 0.6 is 0 Å². The van der Waals surface area contributed by atoms with Gasteiger partial charge in [0.25, 0.3) is 0 Å². The van der Waals surface area contributed by atoms with Crippen LogP contribution in [0.3, 0.4) is 0 Å². The molecule has 0 bridgehead atoms. The molecule has 1 atom stereocenters. The van der Waals surface area contributed by atoms with Crippen LogP contribution in [0.1, 0.15) is 37.3 Å². The summed E-state index contributed by atoms with van der Waals surface area (Å²) in [6.07, 6.45) is 4.95. The number of aromatic nitrogens is 2. The van der Waals surface area contributed by atoms with Crippen LogP contribution in [-0.4, -0.2) is 34.1 Å². The minimum Gasteiger partial charge on any atom is -0.341 e. The summed E-state index contributed by atoms with van der Waals surface area (Å²) in [6.45, 7) is 6.17. The second-order valence-electron chi connectivity index (χ2n) is 6.83. The molecule has 116 valence electrons. The van der Waals surface area contributed by atoms with Crippen molar-refractivity contribution in [3.63, 3.8) is 0 Å². The minimum atomic E-state index is 0.118. The molecule has 0 radical (unpaired) electrons. The van der Waals surface area contributed by atoms with E-state index in [1.807, 2.05) is 17.2 Å². The summed E-state index contributed by atoms with van der Waals surface area (Å²) in [5, 5.41) is 6.71. The molecule has 0 spiro atoms. The molecule has 2 aromatic rings. The lowest BCUT2D eigenvalue weighted by atomic mass is 9.78. The summed E-state index contributed by atoms with van der Waals surface area (Å²) in [5.74, 6) is 0.652. The van der Waals surface area contributed by atoms with Crippen molar-refractivity contribution in [3.8, 4) is 0 Å². The number of hydrogen-bond acceptors (Lipinski definition) is 2. The Morgan fingerprint density at radius 3 is 2.82 bits per heavy atom. The summed E-state index contributed by atoms with van der Waals surface area (Å²) in [7, 11) is 0. The number of carbonyl (C=O) groups is 1. The van der Waals surface area contributed by atoms with Crippen molar-refractivity contribution < 1.29 is 4.79 Å². The van der Waals surface area contributed by atoms with Crippen LogP contribution in [0, 0.1) is 5.41 Å². The molecule has 0 aliphatic carbocycles. The van der Waals surface area contributed by atoms with E-state index in [1.165, 1.54) is 5.56 Å². The number of carbonyl (C=O) groups excluding carboxylic acids is 1. The lowest BCUT2D eigenvalue weighted by molar-refractivity contribution is -0.130. The predicted octanol–water partition coefficient (Wildman–Crippen LogP) is 2.99. The smallest absolute Gasteiger partial charge is 0.222 e. The normalized spacial score (nSPS) is 20.3. The number of nitrogens with zero attached hydrogens (tertiary/aromatic N) is 2. The van der Waals surface area contributed by atoms with E-state index in [0.717, 1.165) is 25.1 Å². The quantitative estimate of drug-likeness (QED) is 0.943. The first-order valence-electron chi connectivity index (χ1n) is 7.86. The predicted molar refractivity (Wildman–Crippen MR) is 86.5 cm³/mol. The summed E-state index contributed by atoms with van der Waals surface area (Å²) >= 11 is 0. The second kappa shape index (κ2) is 5.95. The van der Waals surface area contributed by atoms with Crippen LogP contribution in [0.15, 0.2) is 42.7 Å². The van der Waals surface area contributed by atoms with Crippen molar-refractivity contribution in [1.82, 2.24) is 15.1 Å². The van der Waals surface area contributed by atoms with Gasteiger partial charge in [0.1, 0.15) is 0 Å². The van der Waals surface area contributed by atoms with Crippen molar-refractivity contribution in [2.24, 2.45) is 5.41 Å². The molecule has 22 heavy (non-hydrogen) atoms. The summed E-state index contributed by atoms with van der Waals surface area (Å²) in [4.78, 5) is 14.5. The van der Waals surface area contributed by atoms with E-state index < -0.39 is 0 Å². The van der Waals surface area contributed by atoms with Crippen molar-refractivity contribution in [1.29, 1.82) is 0 Å². The van der Waals surface area contributed by atoms with Crippen LogP contribution in [0.4, 0.5) is 0 Å². The largest absolute Gasteiger partial charge is 0.341 e. The Balaban J connectivity index is 1.65. The topological polar surface area (TPSA) is 49.0 Å². The molecule has 1 saturated heterocycles. The van der Waals surface area contributed by atoms with E-state index in [0.29, 0.717) is 12.3 Å². The molecule has 1 amide bonds. The highest BCUT2D eigenvalue weighted by Crippen LogP contribution is 2.42. The third-order valence-electron chi connectivity index (χ3n) is 4.68. The lowest BCUT2D eigenvalue weighted by Gasteiger charge is -2.25. The van der Waals surface area contributed by atoms with Gasteiger partial charge in [-0.15, -0.1) is 0 Å². The Morgan fingerprint density at radius 1 is 1.36 bits per heavy atom. The molecule has 4 nitrogen and oxygen atoms in total.